The summed E-state index contributed by atoms with van der Waals surface area (Å²) in [5.41, 5.74) is 0.757. The molecule has 2 aromatic rings. The molecule has 0 aliphatic rings. The number of likely N-dealkylation sites (N-methyl/N-ethyl adjacent to an activating group) is 1. The van der Waals surface area contributed by atoms with Crippen LogP contribution in [0, 0.1) is 11.6 Å². The normalized spacial score (nSPS) is 10.9. The van der Waals surface area contributed by atoms with E-state index in [0.29, 0.717) is 11.6 Å². The summed E-state index contributed by atoms with van der Waals surface area (Å²) in [4.78, 5) is 13.7. The van der Waals surface area contributed by atoms with Crippen molar-refractivity contribution in [3.05, 3.63) is 70.2 Å². The minimum Gasteiger partial charge on any atom is -0.295 e. The lowest BCUT2D eigenvalue weighted by Crippen LogP contribution is -2.26. The van der Waals surface area contributed by atoms with Gasteiger partial charge in [0.2, 0.25) is 0 Å². The number of carbonyl (C=O) groups excluding carboxylic acids is 1. The Morgan fingerprint density at radius 3 is 2.48 bits per heavy atom. The van der Waals surface area contributed by atoms with Crippen molar-refractivity contribution in [2.45, 2.75) is 6.54 Å². The van der Waals surface area contributed by atoms with E-state index in [1.807, 2.05) is 12.1 Å². The van der Waals surface area contributed by atoms with Crippen molar-refractivity contribution in [1.29, 1.82) is 0 Å². The zero-order valence-corrected chi connectivity index (χ0v) is 12.2. The van der Waals surface area contributed by atoms with Gasteiger partial charge in [-0.05, 0) is 42.9 Å². The van der Waals surface area contributed by atoms with Gasteiger partial charge >= 0.3 is 0 Å². The van der Waals surface area contributed by atoms with Crippen LogP contribution in [0.25, 0.3) is 0 Å². The summed E-state index contributed by atoms with van der Waals surface area (Å²) in [5.74, 6) is -1.79. The molecule has 2 aromatic carbocycles. The number of nitrogens with zero attached hydrogens (tertiary/aromatic N) is 1. The molecule has 5 heteroatoms. The second kappa shape index (κ2) is 6.78. The molecular formula is C16H14ClF2NO. The Morgan fingerprint density at radius 2 is 1.81 bits per heavy atom. The van der Waals surface area contributed by atoms with Gasteiger partial charge in [0.1, 0.15) is 11.6 Å². The summed E-state index contributed by atoms with van der Waals surface area (Å²) in [6.45, 7) is 0.517. The molecule has 0 saturated carbocycles. The Hall–Kier alpha value is -1.78. The molecule has 2 nitrogen and oxygen atoms in total. The molecule has 0 heterocycles. The summed E-state index contributed by atoms with van der Waals surface area (Å²) < 4.78 is 26.6. The lowest BCUT2D eigenvalue weighted by atomic mass is 10.1. The Labute approximate surface area is 127 Å². The van der Waals surface area contributed by atoms with Crippen LogP contribution in [-0.4, -0.2) is 24.3 Å². The van der Waals surface area contributed by atoms with E-state index in [1.165, 1.54) is 0 Å². The first-order chi connectivity index (χ1) is 9.95. The fourth-order valence-electron chi connectivity index (χ4n) is 2.00. The number of hydrogen-bond acceptors (Lipinski definition) is 2. The van der Waals surface area contributed by atoms with E-state index < -0.39 is 17.4 Å². The molecule has 0 aromatic heterocycles. The molecule has 0 saturated heterocycles. The maximum atomic E-state index is 13.5. The summed E-state index contributed by atoms with van der Waals surface area (Å²) in [7, 11) is 1.74. The molecule has 0 spiro atoms. The van der Waals surface area contributed by atoms with Crippen LogP contribution < -0.4 is 0 Å². The number of ketones is 1. The van der Waals surface area contributed by atoms with Gasteiger partial charge in [0.05, 0.1) is 12.1 Å². The standard InChI is InChI=1S/C16H14ClF2NO/c1-20(9-11-2-4-12(17)5-3-11)10-16(21)14-8-13(18)6-7-15(14)19/h2-8H,9-10H2,1H3. The minimum atomic E-state index is -0.707. The lowest BCUT2D eigenvalue weighted by molar-refractivity contribution is 0.0938. The Kier molecular flexibility index (Phi) is 5.04. The molecule has 0 fully saturated rings. The topological polar surface area (TPSA) is 20.3 Å². The van der Waals surface area contributed by atoms with Crippen LogP contribution in [0.2, 0.25) is 5.02 Å². The summed E-state index contributed by atoms with van der Waals surface area (Å²) in [6, 6.07) is 10.1. The molecule has 21 heavy (non-hydrogen) atoms. The molecule has 0 radical (unpaired) electrons. The van der Waals surface area contributed by atoms with E-state index in [4.69, 9.17) is 11.6 Å². The fraction of sp³-hybridized carbons (Fsp3) is 0.188. The van der Waals surface area contributed by atoms with E-state index in [1.54, 1.807) is 24.1 Å². The van der Waals surface area contributed by atoms with Crippen molar-refractivity contribution in [1.82, 2.24) is 4.90 Å². The van der Waals surface area contributed by atoms with Crippen LogP contribution >= 0.6 is 11.6 Å². The van der Waals surface area contributed by atoms with E-state index >= 15 is 0 Å². The Bertz CT molecular complexity index is 643. The van der Waals surface area contributed by atoms with Crippen molar-refractivity contribution in [3.8, 4) is 0 Å². The van der Waals surface area contributed by atoms with Crippen LogP contribution in [0.1, 0.15) is 15.9 Å². The molecule has 0 aliphatic heterocycles. The molecule has 0 bridgehead atoms. The highest BCUT2D eigenvalue weighted by atomic mass is 35.5. The monoisotopic (exact) mass is 309 g/mol. The van der Waals surface area contributed by atoms with Gasteiger partial charge in [-0.15, -0.1) is 0 Å². The summed E-state index contributed by atoms with van der Waals surface area (Å²) in [6.07, 6.45) is 0. The highest BCUT2D eigenvalue weighted by Gasteiger charge is 2.15. The molecule has 0 amide bonds. The maximum Gasteiger partial charge on any atom is 0.179 e. The number of hydrogen-bond donors (Lipinski definition) is 0. The van der Waals surface area contributed by atoms with E-state index in [2.05, 4.69) is 0 Å². The van der Waals surface area contributed by atoms with Gasteiger partial charge in [0.25, 0.3) is 0 Å². The van der Waals surface area contributed by atoms with Gasteiger partial charge in [0, 0.05) is 11.6 Å². The third kappa shape index (κ3) is 4.34. The van der Waals surface area contributed by atoms with Crippen LogP contribution in [0.4, 0.5) is 8.78 Å². The summed E-state index contributed by atoms with van der Waals surface area (Å²) >= 11 is 5.80. The molecular weight excluding hydrogens is 296 g/mol. The van der Waals surface area contributed by atoms with Crippen molar-refractivity contribution in [2.75, 3.05) is 13.6 Å². The highest BCUT2D eigenvalue weighted by molar-refractivity contribution is 6.30. The van der Waals surface area contributed by atoms with Crippen LogP contribution in [-0.2, 0) is 6.54 Å². The Balaban J connectivity index is 2.01. The average Bonchev–Trinajstić information content (AvgIpc) is 2.44. The van der Waals surface area contributed by atoms with Gasteiger partial charge in [-0.3, -0.25) is 9.69 Å². The van der Waals surface area contributed by atoms with Crippen molar-refractivity contribution in [3.63, 3.8) is 0 Å². The van der Waals surface area contributed by atoms with Gasteiger partial charge < -0.3 is 0 Å². The third-order valence-electron chi connectivity index (χ3n) is 3.01. The van der Waals surface area contributed by atoms with Gasteiger partial charge in [-0.2, -0.15) is 0 Å². The largest absolute Gasteiger partial charge is 0.295 e. The highest BCUT2D eigenvalue weighted by Crippen LogP contribution is 2.13. The zero-order chi connectivity index (χ0) is 15.4. The number of benzene rings is 2. The van der Waals surface area contributed by atoms with E-state index in [0.717, 1.165) is 23.8 Å². The second-order valence-corrected chi connectivity index (χ2v) is 5.28. The van der Waals surface area contributed by atoms with Gasteiger partial charge in [-0.25, -0.2) is 8.78 Å². The molecule has 0 N–H and O–H groups in total. The SMILES string of the molecule is CN(CC(=O)c1cc(F)ccc1F)Cc1ccc(Cl)cc1. The van der Waals surface area contributed by atoms with Crippen LogP contribution in [0.3, 0.4) is 0 Å². The van der Waals surface area contributed by atoms with E-state index in [9.17, 15) is 13.6 Å². The lowest BCUT2D eigenvalue weighted by Gasteiger charge is -2.16. The Morgan fingerprint density at radius 1 is 1.14 bits per heavy atom. The van der Waals surface area contributed by atoms with Crippen molar-refractivity contribution >= 4 is 17.4 Å². The van der Waals surface area contributed by atoms with Gasteiger partial charge in [-0.1, -0.05) is 23.7 Å². The van der Waals surface area contributed by atoms with E-state index in [-0.39, 0.29) is 12.1 Å². The predicted octanol–water partition coefficient (Wildman–Crippen LogP) is 3.93. The molecule has 0 aliphatic carbocycles. The molecule has 110 valence electrons. The smallest absolute Gasteiger partial charge is 0.179 e. The zero-order valence-electron chi connectivity index (χ0n) is 11.4. The first-order valence-corrected chi connectivity index (χ1v) is 6.75. The number of carbonyl (C=O) groups is 1. The van der Waals surface area contributed by atoms with Crippen LogP contribution in [0.15, 0.2) is 42.5 Å². The first kappa shape index (κ1) is 15.6. The minimum absolute atomic E-state index is 0.00298. The van der Waals surface area contributed by atoms with Gasteiger partial charge in [0.15, 0.2) is 5.78 Å². The van der Waals surface area contributed by atoms with Crippen molar-refractivity contribution in [2.24, 2.45) is 0 Å². The van der Waals surface area contributed by atoms with Crippen molar-refractivity contribution < 1.29 is 13.6 Å². The maximum absolute atomic E-state index is 13.5. The molecule has 0 atom stereocenters. The molecule has 2 rings (SSSR count). The first-order valence-electron chi connectivity index (χ1n) is 6.37. The molecule has 0 unspecified atom stereocenters. The third-order valence-corrected chi connectivity index (χ3v) is 3.26. The fourth-order valence-corrected chi connectivity index (χ4v) is 2.12. The quantitative estimate of drug-likeness (QED) is 0.780. The summed E-state index contributed by atoms with van der Waals surface area (Å²) in [5, 5.41) is 0.638. The average molecular weight is 310 g/mol. The second-order valence-electron chi connectivity index (χ2n) is 4.85. The number of rotatable bonds is 5. The number of Topliss-reactive ketones (excluding diaryl/α,β-unsaturated/α-hetero) is 1. The van der Waals surface area contributed by atoms with Crippen LogP contribution in [0.5, 0.6) is 0 Å². The number of halogens is 3. The predicted molar refractivity (Wildman–Crippen MR) is 78.5 cm³/mol.